The van der Waals surface area contributed by atoms with Crippen LogP contribution in [-0.2, 0) is 27.3 Å². The Hall–Kier alpha value is -2.66. The molecule has 0 spiro atoms. The number of benzene rings is 2. The molecule has 0 aromatic heterocycles. The summed E-state index contributed by atoms with van der Waals surface area (Å²) in [6.45, 7) is 5.99. The Balaban J connectivity index is 1.99. The first-order valence-corrected chi connectivity index (χ1v) is 10.3. The summed E-state index contributed by atoms with van der Waals surface area (Å²) < 4.78 is 5.30. The van der Waals surface area contributed by atoms with E-state index in [1.807, 2.05) is 67.6 Å². The van der Waals surface area contributed by atoms with Crippen LogP contribution in [0.5, 0.6) is 0 Å². The number of carbonyl (C=O) groups excluding carboxylic acids is 2. The highest BCUT2D eigenvalue weighted by molar-refractivity contribution is 5.87. The summed E-state index contributed by atoms with van der Waals surface area (Å²) in [7, 11) is 0. The Kier molecular flexibility index (Phi) is 9.93. The smallest absolute Gasteiger partial charge is 0.242 e. The van der Waals surface area contributed by atoms with Crippen molar-refractivity contribution in [1.82, 2.24) is 10.2 Å². The van der Waals surface area contributed by atoms with E-state index < -0.39 is 6.04 Å². The van der Waals surface area contributed by atoms with E-state index in [0.717, 1.165) is 17.5 Å². The van der Waals surface area contributed by atoms with Crippen molar-refractivity contribution < 1.29 is 14.3 Å². The predicted molar refractivity (Wildman–Crippen MR) is 115 cm³/mol. The molecule has 1 atom stereocenters. The average Bonchev–Trinajstić information content (AvgIpc) is 2.76. The van der Waals surface area contributed by atoms with Crippen molar-refractivity contribution >= 4 is 11.8 Å². The molecule has 2 amide bonds. The minimum absolute atomic E-state index is 0.0188. The van der Waals surface area contributed by atoms with Crippen LogP contribution in [0, 0.1) is 0 Å². The summed E-state index contributed by atoms with van der Waals surface area (Å²) in [4.78, 5) is 27.3. The summed E-state index contributed by atoms with van der Waals surface area (Å²) in [6, 6.07) is 19.2. The zero-order valence-electron chi connectivity index (χ0n) is 17.5. The molecule has 5 heteroatoms. The lowest BCUT2D eigenvalue weighted by Gasteiger charge is -2.29. The molecular weight excluding hydrogens is 364 g/mol. The summed E-state index contributed by atoms with van der Waals surface area (Å²) in [5, 5.41) is 2.92. The van der Waals surface area contributed by atoms with E-state index in [-0.39, 0.29) is 11.8 Å². The van der Waals surface area contributed by atoms with Gasteiger partial charge < -0.3 is 15.0 Å². The van der Waals surface area contributed by atoms with Gasteiger partial charge in [0.2, 0.25) is 11.8 Å². The molecule has 0 saturated heterocycles. The molecule has 1 N–H and O–H groups in total. The molecule has 0 fully saturated rings. The number of amides is 2. The number of carbonyl (C=O) groups is 2. The maximum Gasteiger partial charge on any atom is 0.242 e. The Labute approximate surface area is 174 Å². The van der Waals surface area contributed by atoms with E-state index in [1.54, 1.807) is 11.8 Å². The van der Waals surface area contributed by atoms with Crippen molar-refractivity contribution in [2.45, 2.75) is 45.7 Å². The Morgan fingerprint density at radius 2 is 1.62 bits per heavy atom. The molecule has 29 heavy (non-hydrogen) atoms. The minimum Gasteiger partial charge on any atom is -0.382 e. The van der Waals surface area contributed by atoms with Crippen molar-refractivity contribution in [3.8, 4) is 0 Å². The Morgan fingerprint density at radius 1 is 1.00 bits per heavy atom. The van der Waals surface area contributed by atoms with Crippen molar-refractivity contribution in [3.05, 3.63) is 71.8 Å². The fourth-order valence-electron chi connectivity index (χ4n) is 3.08. The van der Waals surface area contributed by atoms with Gasteiger partial charge >= 0.3 is 0 Å². The third-order valence-electron chi connectivity index (χ3n) is 4.80. The van der Waals surface area contributed by atoms with Crippen LogP contribution < -0.4 is 5.32 Å². The predicted octanol–water partition coefficient (Wildman–Crippen LogP) is 3.58. The van der Waals surface area contributed by atoms with E-state index in [2.05, 4.69) is 5.32 Å². The van der Waals surface area contributed by atoms with E-state index in [1.165, 1.54) is 0 Å². The third kappa shape index (κ3) is 8.08. The fourth-order valence-corrected chi connectivity index (χ4v) is 3.08. The van der Waals surface area contributed by atoms with Crippen LogP contribution in [0.25, 0.3) is 0 Å². The summed E-state index contributed by atoms with van der Waals surface area (Å²) in [5.41, 5.74) is 2.13. The van der Waals surface area contributed by atoms with Crippen LogP contribution in [-0.4, -0.2) is 42.5 Å². The van der Waals surface area contributed by atoms with E-state index >= 15 is 0 Å². The number of nitrogens with one attached hydrogen (secondary N) is 1. The number of nitrogens with zero attached hydrogens (tertiary/aromatic N) is 1. The van der Waals surface area contributed by atoms with Gasteiger partial charge in [0.05, 0.1) is 0 Å². The maximum atomic E-state index is 13.0. The molecule has 0 aliphatic carbocycles. The van der Waals surface area contributed by atoms with Gasteiger partial charge in [-0.3, -0.25) is 9.59 Å². The van der Waals surface area contributed by atoms with E-state index in [9.17, 15) is 9.59 Å². The topological polar surface area (TPSA) is 58.6 Å². The zero-order valence-corrected chi connectivity index (χ0v) is 17.5. The second-order valence-corrected chi connectivity index (χ2v) is 7.01. The van der Waals surface area contributed by atoms with E-state index in [0.29, 0.717) is 39.1 Å². The number of rotatable bonds is 12. The number of ether oxygens (including phenoxy) is 1. The molecule has 0 saturated carbocycles. The average molecular weight is 397 g/mol. The second kappa shape index (κ2) is 12.7. The van der Waals surface area contributed by atoms with Gasteiger partial charge in [0.1, 0.15) is 6.04 Å². The lowest BCUT2D eigenvalue weighted by Crippen LogP contribution is -2.48. The summed E-state index contributed by atoms with van der Waals surface area (Å²) in [6.07, 6.45) is 1.79. The molecule has 156 valence electrons. The molecule has 2 rings (SSSR count). The molecule has 5 nitrogen and oxygen atoms in total. The maximum absolute atomic E-state index is 13.0. The van der Waals surface area contributed by atoms with Crippen molar-refractivity contribution in [3.63, 3.8) is 0 Å². The van der Waals surface area contributed by atoms with Crippen LogP contribution in [0.2, 0.25) is 0 Å². The van der Waals surface area contributed by atoms with Crippen LogP contribution in [0.3, 0.4) is 0 Å². The number of hydrogen-bond donors (Lipinski definition) is 1. The van der Waals surface area contributed by atoms with Gasteiger partial charge in [0.15, 0.2) is 0 Å². The van der Waals surface area contributed by atoms with Crippen LogP contribution in [0.1, 0.15) is 37.8 Å². The molecule has 0 aliphatic rings. The van der Waals surface area contributed by atoms with Gasteiger partial charge in [0, 0.05) is 32.7 Å². The molecule has 2 aromatic rings. The van der Waals surface area contributed by atoms with Crippen LogP contribution in [0.15, 0.2) is 60.7 Å². The van der Waals surface area contributed by atoms with Gasteiger partial charge in [-0.05, 0) is 37.8 Å². The largest absolute Gasteiger partial charge is 0.382 e. The molecule has 0 aliphatic heterocycles. The summed E-state index contributed by atoms with van der Waals surface area (Å²) >= 11 is 0. The van der Waals surface area contributed by atoms with Crippen molar-refractivity contribution in [2.75, 3.05) is 19.8 Å². The lowest BCUT2D eigenvalue weighted by atomic mass is 10.1. The van der Waals surface area contributed by atoms with E-state index in [4.69, 9.17) is 4.74 Å². The highest BCUT2D eigenvalue weighted by Crippen LogP contribution is 2.13. The number of hydrogen-bond acceptors (Lipinski definition) is 3. The standard InChI is InChI=1S/C24H32N2O3/c1-3-29-18-10-17-25-24(28)20(2)26(19-22-13-8-5-9-14-22)23(27)16-15-21-11-6-4-7-12-21/h4-9,11-14,20H,3,10,15-19H2,1-2H3,(H,25,28)/t20-/m1/s1. The quantitative estimate of drug-likeness (QED) is 0.558. The minimum atomic E-state index is -0.537. The molecule has 0 heterocycles. The monoisotopic (exact) mass is 396 g/mol. The normalized spacial score (nSPS) is 11.7. The summed E-state index contributed by atoms with van der Waals surface area (Å²) in [5.74, 6) is -0.153. The fraction of sp³-hybridized carbons (Fsp3) is 0.417. The zero-order chi connectivity index (χ0) is 20.9. The highest BCUT2D eigenvalue weighted by Gasteiger charge is 2.25. The third-order valence-corrected chi connectivity index (χ3v) is 4.80. The Bertz CT molecular complexity index is 734. The molecule has 0 radical (unpaired) electrons. The highest BCUT2D eigenvalue weighted by atomic mass is 16.5. The van der Waals surface area contributed by atoms with Crippen LogP contribution in [0.4, 0.5) is 0 Å². The molecule has 0 unspecified atom stereocenters. The molecule has 0 bridgehead atoms. The molecular formula is C24H32N2O3. The van der Waals surface area contributed by atoms with Gasteiger partial charge in [-0.1, -0.05) is 60.7 Å². The number of aryl methyl sites for hydroxylation is 1. The van der Waals surface area contributed by atoms with Gasteiger partial charge in [-0.25, -0.2) is 0 Å². The lowest BCUT2D eigenvalue weighted by molar-refractivity contribution is -0.140. The van der Waals surface area contributed by atoms with Crippen LogP contribution >= 0.6 is 0 Å². The first-order chi connectivity index (χ1) is 14.1. The van der Waals surface area contributed by atoms with Gasteiger partial charge in [-0.15, -0.1) is 0 Å². The van der Waals surface area contributed by atoms with Gasteiger partial charge in [0.25, 0.3) is 0 Å². The SMILES string of the molecule is CCOCCCNC(=O)[C@@H](C)N(Cc1ccccc1)C(=O)CCc1ccccc1. The van der Waals surface area contributed by atoms with Crippen molar-refractivity contribution in [1.29, 1.82) is 0 Å². The van der Waals surface area contributed by atoms with Crippen molar-refractivity contribution in [2.24, 2.45) is 0 Å². The second-order valence-electron chi connectivity index (χ2n) is 7.01. The van der Waals surface area contributed by atoms with Gasteiger partial charge in [-0.2, -0.15) is 0 Å². The molecule has 2 aromatic carbocycles. The first-order valence-electron chi connectivity index (χ1n) is 10.3. The first kappa shape index (κ1) is 22.6. The Morgan fingerprint density at radius 3 is 2.24 bits per heavy atom.